The van der Waals surface area contributed by atoms with Gasteiger partial charge in [-0.3, -0.25) is 4.79 Å². The molecule has 2 rings (SSSR count). The lowest BCUT2D eigenvalue weighted by atomic mass is 10.1. The van der Waals surface area contributed by atoms with Crippen LogP contribution in [0, 0.1) is 0 Å². The molecule has 0 spiro atoms. The third-order valence-corrected chi connectivity index (χ3v) is 4.31. The molecule has 0 heterocycles. The van der Waals surface area contributed by atoms with E-state index in [1.54, 1.807) is 48.5 Å². The smallest absolute Gasteiger partial charge is 0.306 e. The van der Waals surface area contributed by atoms with Crippen molar-refractivity contribution in [2.75, 3.05) is 19.5 Å². The molecule has 0 aliphatic heterocycles. The molecule has 0 saturated heterocycles. The molecule has 1 atom stereocenters. The van der Waals surface area contributed by atoms with E-state index in [0.29, 0.717) is 25.4 Å². The molecule has 0 bridgehead atoms. The summed E-state index contributed by atoms with van der Waals surface area (Å²) in [5, 5.41) is 8.98. The summed E-state index contributed by atoms with van der Waals surface area (Å²) in [7, 11) is -3.53. The maximum Gasteiger partial charge on any atom is 0.306 e. The molecule has 1 unspecified atom stereocenters. The van der Waals surface area contributed by atoms with E-state index in [1.165, 1.54) is 0 Å². The second kappa shape index (κ2) is 10.1. The summed E-state index contributed by atoms with van der Waals surface area (Å²) < 4.78 is 38.2. The quantitative estimate of drug-likeness (QED) is 0.570. The molecule has 0 amide bonds. The van der Waals surface area contributed by atoms with Gasteiger partial charge in [-0.25, -0.2) is 0 Å². The molecule has 0 aliphatic rings. The van der Waals surface area contributed by atoms with E-state index in [1.807, 2.05) is 6.92 Å². The molecular weight excluding hydrogens is 384 g/mol. The Balaban J connectivity index is 1.86. The van der Waals surface area contributed by atoms with Gasteiger partial charge >= 0.3 is 16.1 Å². The van der Waals surface area contributed by atoms with Gasteiger partial charge in [0.15, 0.2) is 0 Å². The lowest BCUT2D eigenvalue weighted by Crippen LogP contribution is -2.10. The first-order chi connectivity index (χ1) is 13.3. The standard InChI is InChI=1S/C20H24O7S/c1-3-25-19(14-20(21)22)16-6-10-17(11-7-16)26-13-12-15-4-8-18(9-5-15)27-28(2,23)24/h4-11,19H,3,12-14H2,1-2H3,(H,21,22). The molecule has 2 aromatic carbocycles. The fraction of sp³-hybridized carbons (Fsp3) is 0.350. The van der Waals surface area contributed by atoms with Crippen molar-refractivity contribution in [3.8, 4) is 11.5 Å². The van der Waals surface area contributed by atoms with Crippen molar-refractivity contribution >= 4 is 16.1 Å². The van der Waals surface area contributed by atoms with Crippen LogP contribution in [0.15, 0.2) is 48.5 Å². The maximum atomic E-state index is 11.1. The van der Waals surface area contributed by atoms with Crippen molar-refractivity contribution in [3.05, 3.63) is 59.7 Å². The highest BCUT2D eigenvalue weighted by Crippen LogP contribution is 2.24. The number of rotatable bonds is 11. The van der Waals surface area contributed by atoms with Crippen molar-refractivity contribution in [1.82, 2.24) is 0 Å². The summed E-state index contributed by atoms with van der Waals surface area (Å²) in [6.07, 6.45) is 1.07. The second-order valence-electron chi connectivity index (χ2n) is 6.14. The maximum absolute atomic E-state index is 11.1. The zero-order chi connectivity index (χ0) is 20.6. The largest absolute Gasteiger partial charge is 0.493 e. The summed E-state index contributed by atoms with van der Waals surface area (Å²) in [5.74, 6) is 0.0334. The van der Waals surface area contributed by atoms with Crippen molar-refractivity contribution in [2.45, 2.75) is 25.9 Å². The van der Waals surface area contributed by atoms with E-state index in [2.05, 4.69) is 0 Å². The molecule has 0 saturated carbocycles. The normalized spacial score (nSPS) is 12.4. The fourth-order valence-electron chi connectivity index (χ4n) is 2.58. The molecule has 0 aliphatic carbocycles. The number of benzene rings is 2. The average Bonchev–Trinajstić information content (AvgIpc) is 2.62. The van der Waals surface area contributed by atoms with Crippen LogP contribution in [0.4, 0.5) is 0 Å². The summed E-state index contributed by atoms with van der Waals surface area (Å²) in [5.41, 5.74) is 1.77. The molecule has 152 valence electrons. The SMILES string of the molecule is CCOC(CC(=O)O)c1ccc(OCCc2ccc(OS(C)(=O)=O)cc2)cc1. The molecule has 0 aromatic heterocycles. The van der Waals surface area contributed by atoms with Crippen LogP contribution >= 0.6 is 0 Å². The Morgan fingerprint density at radius 2 is 1.64 bits per heavy atom. The molecule has 1 N–H and O–H groups in total. The number of carbonyl (C=O) groups is 1. The van der Waals surface area contributed by atoms with Crippen LogP contribution in [0.5, 0.6) is 11.5 Å². The minimum atomic E-state index is -3.53. The van der Waals surface area contributed by atoms with Gasteiger partial charge in [-0.1, -0.05) is 24.3 Å². The number of carboxylic acids is 1. The van der Waals surface area contributed by atoms with Gasteiger partial charge < -0.3 is 18.8 Å². The first-order valence-corrected chi connectivity index (χ1v) is 10.6. The predicted octanol–water partition coefficient (Wildman–Crippen LogP) is 3.20. The first kappa shape index (κ1) is 21.7. The highest BCUT2D eigenvalue weighted by Gasteiger charge is 2.15. The van der Waals surface area contributed by atoms with E-state index in [4.69, 9.17) is 18.8 Å². The Bertz CT molecular complexity index is 858. The molecule has 8 heteroatoms. The van der Waals surface area contributed by atoms with Crippen molar-refractivity contribution in [1.29, 1.82) is 0 Å². The first-order valence-electron chi connectivity index (χ1n) is 8.81. The number of hydrogen-bond donors (Lipinski definition) is 1. The number of aliphatic carboxylic acids is 1. The van der Waals surface area contributed by atoms with E-state index < -0.39 is 22.2 Å². The van der Waals surface area contributed by atoms with Crippen LogP contribution in [0.2, 0.25) is 0 Å². The van der Waals surface area contributed by atoms with E-state index >= 15 is 0 Å². The molecule has 0 radical (unpaired) electrons. The number of carboxylic acid groups (broad SMARTS) is 1. The highest BCUT2D eigenvalue weighted by molar-refractivity contribution is 7.86. The van der Waals surface area contributed by atoms with Gasteiger partial charge in [0.2, 0.25) is 0 Å². The lowest BCUT2D eigenvalue weighted by molar-refractivity contribution is -0.140. The second-order valence-corrected chi connectivity index (χ2v) is 7.72. The highest BCUT2D eigenvalue weighted by atomic mass is 32.2. The lowest BCUT2D eigenvalue weighted by Gasteiger charge is -2.16. The Morgan fingerprint density at radius 1 is 1.04 bits per heavy atom. The Hall–Kier alpha value is -2.58. The van der Waals surface area contributed by atoms with E-state index in [-0.39, 0.29) is 12.2 Å². The average molecular weight is 408 g/mol. The summed E-state index contributed by atoms with van der Waals surface area (Å²) in [6, 6.07) is 13.9. The predicted molar refractivity (Wildman–Crippen MR) is 104 cm³/mol. The summed E-state index contributed by atoms with van der Waals surface area (Å²) >= 11 is 0. The van der Waals surface area contributed by atoms with Gasteiger partial charge in [-0.2, -0.15) is 8.42 Å². The Kier molecular flexibility index (Phi) is 7.83. The molecule has 28 heavy (non-hydrogen) atoms. The van der Waals surface area contributed by atoms with E-state index in [9.17, 15) is 13.2 Å². The van der Waals surface area contributed by atoms with Crippen molar-refractivity contribution in [3.63, 3.8) is 0 Å². The van der Waals surface area contributed by atoms with Gasteiger partial charge in [0.25, 0.3) is 0 Å². The van der Waals surface area contributed by atoms with Crippen LogP contribution in [-0.2, 0) is 26.1 Å². The Morgan fingerprint density at radius 3 is 2.18 bits per heavy atom. The van der Waals surface area contributed by atoms with Gasteiger partial charge in [0, 0.05) is 13.0 Å². The van der Waals surface area contributed by atoms with Gasteiger partial charge in [0.05, 0.1) is 25.4 Å². The van der Waals surface area contributed by atoms with Gasteiger partial charge in [-0.15, -0.1) is 0 Å². The number of hydrogen-bond acceptors (Lipinski definition) is 6. The topological polar surface area (TPSA) is 99.1 Å². The molecular formula is C20H24O7S. The van der Waals surface area contributed by atoms with Crippen LogP contribution in [0.1, 0.15) is 30.6 Å². The summed E-state index contributed by atoms with van der Waals surface area (Å²) in [4.78, 5) is 10.9. The number of ether oxygens (including phenoxy) is 2. The third kappa shape index (κ3) is 7.58. The minimum absolute atomic E-state index is 0.0902. The summed E-state index contributed by atoms with van der Waals surface area (Å²) in [6.45, 7) is 2.70. The zero-order valence-electron chi connectivity index (χ0n) is 15.8. The molecule has 7 nitrogen and oxygen atoms in total. The van der Waals surface area contributed by atoms with E-state index in [0.717, 1.165) is 17.4 Å². The fourth-order valence-corrected chi connectivity index (χ4v) is 3.05. The van der Waals surface area contributed by atoms with Crippen molar-refractivity contribution in [2.24, 2.45) is 0 Å². The van der Waals surface area contributed by atoms with Gasteiger partial charge in [-0.05, 0) is 42.3 Å². The van der Waals surface area contributed by atoms with Crippen LogP contribution in [-0.4, -0.2) is 39.0 Å². The molecule has 0 fully saturated rings. The van der Waals surface area contributed by atoms with Crippen LogP contribution < -0.4 is 8.92 Å². The van der Waals surface area contributed by atoms with Crippen molar-refractivity contribution < 1.29 is 32.0 Å². The minimum Gasteiger partial charge on any atom is -0.493 e. The molecule has 2 aromatic rings. The van der Waals surface area contributed by atoms with Gasteiger partial charge in [0.1, 0.15) is 11.5 Å². The van der Waals surface area contributed by atoms with Crippen LogP contribution in [0.25, 0.3) is 0 Å². The Labute approximate surface area is 165 Å². The zero-order valence-corrected chi connectivity index (χ0v) is 16.6. The monoisotopic (exact) mass is 408 g/mol. The third-order valence-electron chi connectivity index (χ3n) is 3.81. The van der Waals surface area contributed by atoms with Crippen LogP contribution in [0.3, 0.4) is 0 Å².